The van der Waals surface area contributed by atoms with Gasteiger partial charge in [-0.05, 0) is 36.6 Å². The summed E-state index contributed by atoms with van der Waals surface area (Å²) in [5.41, 5.74) is -0.983. The van der Waals surface area contributed by atoms with E-state index in [1.807, 2.05) is 6.07 Å². The second kappa shape index (κ2) is 5.78. The summed E-state index contributed by atoms with van der Waals surface area (Å²) in [6.07, 6.45) is -3.14. The third-order valence-corrected chi connectivity index (χ3v) is 4.20. The molecule has 0 spiro atoms. The Morgan fingerprint density at radius 3 is 2.46 bits per heavy atom. The molecule has 0 radical (unpaired) electrons. The van der Waals surface area contributed by atoms with Crippen molar-refractivity contribution in [3.05, 3.63) is 59.0 Å². The Labute approximate surface area is 135 Å². The van der Waals surface area contributed by atoms with Crippen molar-refractivity contribution in [2.24, 2.45) is 0 Å². The number of hydrogen-bond donors (Lipinski definition) is 1. The van der Waals surface area contributed by atoms with E-state index >= 15 is 0 Å². The lowest BCUT2D eigenvalue weighted by atomic mass is 9.95. The Morgan fingerprint density at radius 2 is 1.88 bits per heavy atom. The molecule has 0 saturated heterocycles. The Kier molecular flexibility index (Phi) is 3.91. The smallest absolute Gasteiger partial charge is 0.368 e. The molecule has 0 atom stereocenters. The first-order chi connectivity index (χ1) is 11.4. The van der Waals surface area contributed by atoms with E-state index in [2.05, 4.69) is 10.3 Å². The highest BCUT2D eigenvalue weighted by Gasteiger charge is 2.46. The molecule has 1 aliphatic carbocycles. The van der Waals surface area contributed by atoms with Gasteiger partial charge in [0.05, 0.1) is 5.56 Å². The van der Waals surface area contributed by atoms with Gasteiger partial charge in [-0.2, -0.15) is 18.4 Å². The topological polar surface area (TPSA) is 48.7 Å². The second-order valence-electron chi connectivity index (χ2n) is 5.82. The van der Waals surface area contributed by atoms with E-state index in [1.54, 1.807) is 18.2 Å². The van der Waals surface area contributed by atoms with Gasteiger partial charge < -0.3 is 5.32 Å². The summed E-state index contributed by atoms with van der Waals surface area (Å²) in [6.45, 7) is 0.219. The van der Waals surface area contributed by atoms with Crippen LogP contribution in [0.5, 0.6) is 0 Å². The first-order valence-corrected chi connectivity index (χ1v) is 7.33. The van der Waals surface area contributed by atoms with Crippen LogP contribution in [0.4, 0.5) is 23.4 Å². The number of pyridine rings is 1. The lowest BCUT2D eigenvalue weighted by molar-refractivity contribution is -0.141. The molecule has 1 N–H and O–H groups in total. The Balaban J connectivity index is 1.85. The second-order valence-corrected chi connectivity index (χ2v) is 5.82. The van der Waals surface area contributed by atoms with Crippen LogP contribution in [-0.4, -0.2) is 11.5 Å². The number of rotatable bonds is 4. The van der Waals surface area contributed by atoms with Gasteiger partial charge in [0.15, 0.2) is 0 Å². The van der Waals surface area contributed by atoms with Crippen molar-refractivity contribution < 1.29 is 17.6 Å². The number of nitrogens with one attached hydrogen (secondary N) is 1. The van der Waals surface area contributed by atoms with E-state index in [4.69, 9.17) is 5.26 Å². The molecule has 124 valence electrons. The van der Waals surface area contributed by atoms with Gasteiger partial charge in [-0.3, -0.25) is 0 Å². The third-order valence-electron chi connectivity index (χ3n) is 4.20. The zero-order valence-electron chi connectivity index (χ0n) is 12.5. The van der Waals surface area contributed by atoms with E-state index in [0.717, 1.165) is 25.0 Å². The Bertz CT molecular complexity index is 804. The van der Waals surface area contributed by atoms with Gasteiger partial charge in [0.25, 0.3) is 0 Å². The summed E-state index contributed by atoms with van der Waals surface area (Å²) >= 11 is 0. The molecule has 1 aliphatic rings. The van der Waals surface area contributed by atoms with Gasteiger partial charge in [0.1, 0.15) is 23.4 Å². The SMILES string of the molecule is N#Cc1ccc(C(F)(F)F)nc1NCC1(c2ccccc2F)CC1. The summed E-state index contributed by atoms with van der Waals surface area (Å²) in [6, 6.07) is 10.0. The number of nitrogens with zero attached hydrogens (tertiary/aromatic N) is 2. The molecule has 2 aromatic rings. The molecule has 1 aromatic heterocycles. The van der Waals surface area contributed by atoms with E-state index in [-0.39, 0.29) is 23.7 Å². The van der Waals surface area contributed by atoms with E-state index in [1.165, 1.54) is 6.07 Å². The molecule has 3 rings (SSSR count). The van der Waals surface area contributed by atoms with Crippen molar-refractivity contribution in [3.8, 4) is 6.07 Å². The highest BCUT2D eigenvalue weighted by Crippen LogP contribution is 2.49. The quantitative estimate of drug-likeness (QED) is 0.850. The number of anilines is 1. The summed E-state index contributed by atoms with van der Waals surface area (Å²) in [4.78, 5) is 3.51. The van der Waals surface area contributed by atoms with Crippen molar-refractivity contribution in [3.63, 3.8) is 0 Å². The summed E-state index contributed by atoms with van der Waals surface area (Å²) < 4.78 is 52.3. The minimum absolute atomic E-state index is 0.0207. The van der Waals surface area contributed by atoms with Crippen molar-refractivity contribution in [1.29, 1.82) is 5.26 Å². The average molecular weight is 335 g/mol. The van der Waals surface area contributed by atoms with Crippen molar-refractivity contribution >= 4 is 5.82 Å². The first kappa shape index (κ1) is 16.2. The molecule has 1 fully saturated rings. The van der Waals surface area contributed by atoms with Gasteiger partial charge in [-0.15, -0.1) is 0 Å². The standard InChI is InChI=1S/C17H13F4N3/c18-13-4-2-1-3-12(13)16(7-8-16)10-23-15-11(9-22)5-6-14(24-15)17(19,20)21/h1-6H,7-8,10H2,(H,23,24). The molecule has 3 nitrogen and oxygen atoms in total. The predicted molar refractivity (Wildman–Crippen MR) is 79.8 cm³/mol. The number of benzene rings is 1. The number of alkyl halides is 3. The lowest BCUT2D eigenvalue weighted by Crippen LogP contribution is -2.22. The minimum Gasteiger partial charge on any atom is -0.368 e. The summed E-state index contributed by atoms with van der Waals surface area (Å²) in [7, 11) is 0. The zero-order valence-corrected chi connectivity index (χ0v) is 12.5. The lowest BCUT2D eigenvalue weighted by Gasteiger charge is -2.18. The highest BCUT2D eigenvalue weighted by atomic mass is 19.4. The van der Waals surface area contributed by atoms with Crippen LogP contribution in [0.3, 0.4) is 0 Å². The number of halogens is 4. The predicted octanol–water partition coefficient (Wildman–Crippen LogP) is 4.25. The Hall–Kier alpha value is -2.62. The van der Waals surface area contributed by atoms with Crippen LogP contribution in [0, 0.1) is 17.1 Å². The van der Waals surface area contributed by atoms with Crippen LogP contribution >= 0.6 is 0 Å². The van der Waals surface area contributed by atoms with Crippen LogP contribution in [0.2, 0.25) is 0 Å². The van der Waals surface area contributed by atoms with E-state index in [9.17, 15) is 17.6 Å². The molecular formula is C17H13F4N3. The third kappa shape index (κ3) is 3.04. The average Bonchev–Trinajstić information content (AvgIpc) is 3.33. The maximum Gasteiger partial charge on any atom is 0.433 e. The fraction of sp³-hybridized carbons (Fsp3) is 0.294. The number of nitriles is 1. The maximum atomic E-state index is 14.0. The molecule has 7 heteroatoms. The fourth-order valence-electron chi connectivity index (χ4n) is 2.68. The Morgan fingerprint density at radius 1 is 1.17 bits per heavy atom. The molecule has 24 heavy (non-hydrogen) atoms. The molecule has 0 aliphatic heterocycles. The number of aromatic nitrogens is 1. The molecule has 1 heterocycles. The van der Waals surface area contributed by atoms with Gasteiger partial charge in [-0.25, -0.2) is 9.37 Å². The van der Waals surface area contributed by atoms with E-state index in [0.29, 0.717) is 5.56 Å². The largest absolute Gasteiger partial charge is 0.433 e. The highest BCUT2D eigenvalue weighted by molar-refractivity contribution is 5.53. The van der Waals surface area contributed by atoms with Gasteiger partial charge in [0.2, 0.25) is 0 Å². The van der Waals surface area contributed by atoms with Crippen LogP contribution < -0.4 is 5.32 Å². The van der Waals surface area contributed by atoms with Gasteiger partial charge in [-0.1, -0.05) is 18.2 Å². The van der Waals surface area contributed by atoms with Crippen molar-refractivity contribution in [2.45, 2.75) is 24.4 Å². The monoisotopic (exact) mass is 335 g/mol. The van der Waals surface area contributed by atoms with Crippen LogP contribution in [0.1, 0.15) is 29.7 Å². The zero-order chi connectivity index (χ0) is 17.4. The van der Waals surface area contributed by atoms with Crippen molar-refractivity contribution in [1.82, 2.24) is 4.98 Å². The normalized spacial score (nSPS) is 15.6. The first-order valence-electron chi connectivity index (χ1n) is 7.33. The molecule has 1 saturated carbocycles. The van der Waals surface area contributed by atoms with Crippen molar-refractivity contribution in [2.75, 3.05) is 11.9 Å². The van der Waals surface area contributed by atoms with Crippen LogP contribution in [-0.2, 0) is 11.6 Å². The molecule has 0 bridgehead atoms. The molecule has 0 amide bonds. The maximum absolute atomic E-state index is 14.0. The molecule has 0 unspecified atom stereocenters. The fourth-order valence-corrected chi connectivity index (χ4v) is 2.68. The summed E-state index contributed by atoms with van der Waals surface area (Å²) in [5, 5.41) is 11.9. The number of hydrogen-bond acceptors (Lipinski definition) is 3. The van der Waals surface area contributed by atoms with Gasteiger partial charge in [0, 0.05) is 12.0 Å². The summed E-state index contributed by atoms with van der Waals surface area (Å²) in [5.74, 6) is -0.468. The van der Waals surface area contributed by atoms with Crippen LogP contribution in [0.15, 0.2) is 36.4 Å². The van der Waals surface area contributed by atoms with Crippen LogP contribution in [0.25, 0.3) is 0 Å². The molecule has 1 aromatic carbocycles. The molecular weight excluding hydrogens is 322 g/mol. The van der Waals surface area contributed by atoms with Gasteiger partial charge >= 0.3 is 6.18 Å². The van der Waals surface area contributed by atoms with E-state index < -0.39 is 17.3 Å². The minimum atomic E-state index is -4.59.